The van der Waals surface area contributed by atoms with Gasteiger partial charge >= 0.3 is 0 Å². The molecule has 78 valence electrons. The van der Waals surface area contributed by atoms with Crippen molar-refractivity contribution in [1.29, 1.82) is 0 Å². The van der Waals surface area contributed by atoms with Crippen molar-refractivity contribution in [2.24, 2.45) is 11.3 Å². The van der Waals surface area contributed by atoms with Crippen LogP contribution < -0.4 is 11.3 Å². The topological polar surface area (TPSA) is 38.0 Å². The van der Waals surface area contributed by atoms with E-state index in [0.717, 1.165) is 5.41 Å². The van der Waals surface area contributed by atoms with Gasteiger partial charge in [0.2, 0.25) is 0 Å². The van der Waals surface area contributed by atoms with Crippen LogP contribution in [-0.2, 0) is 0 Å². The largest absolute Gasteiger partial charge is 0.271 e. The van der Waals surface area contributed by atoms with Crippen molar-refractivity contribution in [2.45, 2.75) is 57.4 Å². The highest BCUT2D eigenvalue weighted by molar-refractivity contribution is 5.85. The molecule has 2 fully saturated rings. The summed E-state index contributed by atoms with van der Waals surface area (Å²) < 4.78 is 0. The molecule has 0 unspecified atom stereocenters. The fraction of sp³-hybridized carbons (Fsp3) is 1.00. The Bertz CT molecular complexity index is 145. The molecule has 0 aromatic heterocycles. The third-order valence-electron chi connectivity index (χ3n) is 3.95. The predicted molar refractivity (Wildman–Crippen MR) is 57.7 cm³/mol. The zero-order valence-electron chi connectivity index (χ0n) is 8.22. The Kier molecular flexibility index (Phi) is 4.02. The molecule has 3 heteroatoms. The molecule has 0 bridgehead atoms. The van der Waals surface area contributed by atoms with Gasteiger partial charge in [0.05, 0.1) is 0 Å². The summed E-state index contributed by atoms with van der Waals surface area (Å²) in [7, 11) is 0. The maximum atomic E-state index is 5.44. The van der Waals surface area contributed by atoms with Gasteiger partial charge in [0.25, 0.3) is 0 Å². The van der Waals surface area contributed by atoms with Crippen LogP contribution in [0.15, 0.2) is 0 Å². The van der Waals surface area contributed by atoms with Crippen LogP contribution in [0.2, 0.25) is 0 Å². The lowest BCUT2D eigenvalue weighted by Gasteiger charge is -2.36. The van der Waals surface area contributed by atoms with Crippen molar-refractivity contribution in [3.8, 4) is 0 Å². The Morgan fingerprint density at radius 1 is 1.00 bits per heavy atom. The van der Waals surface area contributed by atoms with E-state index < -0.39 is 0 Å². The first kappa shape index (κ1) is 11.3. The van der Waals surface area contributed by atoms with Gasteiger partial charge in [-0.05, 0) is 43.9 Å². The highest BCUT2D eigenvalue weighted by Crippen LogP contribution is 2.48. The van der Waals surface area contributed by atoms with Crippen LogP contribution in [0.3, 0.4) is 0 Å². The van der Waals surface area contributed by atoms with Crippen LogP contribution in [0.4, 0.5) is 0 Å². The molecule has 0 radical (unpaired) electrons. The van der Waals surface area contributed by atoms with E-state index in [1.54, 1.807) is 0 Å². The normalized spacial score (nSPS) is 27.5. The highest BCUT2D eigenvalue weighted by atomic mass is 35.5. The zero-order valence-corrected chi connectivity index (χ0v) is 9.04. The number of hydrogen-bond donors (Lipinski definition) is 2. The Balaban J connectivity index is 0.000000845. The number of rotatable bonds is 1. The van der Waals surface area contributed by atoms with Gasteiger partial charge in [0.1, 0.15) is 0 Å². The molecule has 0 saturated heterocycles. The van der Waals surface area contributed by atoms with Crippen molar-refractivity contribution in [1.82, 2.24) is 5.43 Å². The second-order valence-corrected chi connectivity index (χ2v) is 4.65. The monoisotopic (exact) mass is 204 g/mol. The quantitative estimate of drug-likeness (QED) is 0.509. The molecule has 0 aromatic carbocycles. The summed E-state index contributed by atoms with van der Waals surface area (Å²) >= 11 is 0. The van der Waals surface area contributed by atoms with Crippen molar-refractivity contribution in [2.75, 3.05) is 0 Å². The molecule has 13 heavy (non-hydrogen) atoms. The summed E-state index contributed by atoms with van der Waals surface area (Å²) in [6.45, 7) is 0. The van der Waals surface area contributed by atoms with E-state index in [1.165, 1.54) is 51.4 Å². The first-order valence-electron chi connectivity index (χ1n) is 5.31. The van der Waals surface area contributed by atoms with Crippen molar-refractivity contribution < 1.29 is 0 Å². The van der Waals surface area contributed by atoms with Gasteiger partial charge in [-0.25, -0.2) is 0 Å². The summed E-state index contributed by atoms with van der Waals surface area (Å²) in [5.74, 6) is 5.44. The van der Waals surface area contributed by atoms with E-state index in [1.807, 2.05) is 0 Å². The summed E-state index contributed by atoms with van der Waals surface area (Å²) in [6, 6.07) is 0.608. The second-order valence-electron chi connectivity index (χ2n) is 4.65. The average Bonchev–Trinajstić information content (AvgIpc) is 2.55. The number of nitrogens with two attached hydrogens (primary N) is 1. The summed E-state index contributed by atoms with van der Waals surface area (Å²) in [4.78, 5) is 0. The SMILES string of the molecule is Cl.NNC1CCC2(CCCC2)CC1. The molecule has 3 N–H and O–H groups in total. The van der Waals surface area contributed by atoms with E-state index in [4.69, 9.17) is 5.84 Å². The van der Waals surface area contributed by atoms with Gasteiger partial charge in [0, 0.05) is 6.04 Å². The number of halogens is 1. The van der Waals surface area contributed by atoms with Gasteiger partial charge in [-0.3, -0.25) is 11.3 Å². The Morgan fingerprint density at radius 3 is 2.00 bits per heavy atom. The van der Waals surface area contributed by atoms with Gasteiger partial charge in [-0.15, -0.1) is 12.4 Å². The molecule has 0 heterocycles. The minimum atomic E-state index is 0. The zero-order chi connectivity index (χ0) is 8.44. The molecular formula is C10H21ClN2. The third-order valence-corrected chi connectivity index (χ3v) is 3.95. The van der Waals surface area contributed by atoms with E-state index in [-0.39, 0.29) is 12.4 Å². The lowest BCUT2D eigenvalue weighted by molar-refractivity contribution is 0.169. The molecule has 0 amide bonds. The van der Waals surface area contributed by atoms with Gasteiger partial charge in [0.15, 0.2) is 0 Å². The predicted octanol–water partition coefficient (Wildman–Crippen LogP) is 2.37. The summed E-state index contributed by atoms with van der Waals surface area (Å²) in [6.07, 6.45) is 11.4. The molecule has 2 aliphatic carbocycles. The smallest absolute Gasteiger partial charge is 0.0210 e. The number of hydrogen-bond acceptors (Lipinski definition) is 2. The van der Waals surface area contributed by atoms with Crippen molar-refractivity contribution in [3.63, 3.8) is 0 Å². The minimum absolute atomic E-state index is 0. The van der Waals surface area contributed by atoms with Crippen LogP contribution >= 0.6 is 12.4 Å². The van der Waals surface area contributed by atoms with Crippen molar-refractivity contribution >= 4 is 12.4 Å². The summed E-state index contributed by atoms with van der Waals surface area (Å²) in [5.41, 5.74) is 3.67. The van der Waals surface area contributed by atoms with E-state index in [0.29, 0.717) is 6.04 Å². The maximum absolute atomic E-state index is 5.44. The fourth-order valence-corrected chi connectivity index (χ4v) is 3.02. The Morgan fingerprint density at radius 2 is 1.54 bits per heavy atom. The number of hydrazine groups is 1. The standard InChI is InChI=1S/C10H20N2.ClH/c11-12-9-3-7-10(8-4-9)5-1-2-6-10;/h9,12H,1-8,11H2;1H. The fourth-order valence-electron chi connectivity index (χ4n) is 3.02. The van der Waals surface area contributed by atoms with Gasteiger partial charge in [-0.1, -0.05) is 12.8 Å². The molecule has 2 rings (SSSR count). The first-order chi connectivity index (χ1) is 5.85. The van der Waals surface area contributed by atoms with Gasteiger partial charge in [-0.2, -0.15) is 0 Å². The number of nitrogens with one attached hydrogen (secondary N) is 1. The van der Waals surface area contributed by atoms with Crippen LogP contribution in [0.25, 0.3) is 0 Å². The van der Waals surface area contributed by atoms with Crippen LogP contribution in [0, 0.1) is 5.41 Å². The maximum Gasteiger partial charge on any atom is 0.0210 e. The molecular weight excluding hydrogens is 184 g/mol. The van der Waals surface area contributed by atoms with Crippen LogP contribution in [0.5, 0.6) is 0 Å². The third kappa shape index (κ3) is 2.36. The van der Waals surface area contributed by atoms with Crippen LogP contribution in [0.1, 0.15) is 51.4 Å². The lowest BCUT2D eigenvalue weighted by atomic mass is 9.71. The molecule has 0 atom stereocenters. The lowest BCUT2D eigenvalue weighted by Crippen LogP contribution is -2.40. The van der Waals surface area contributed by atoms with E-state index in [9.17, 15) is 0 Å². The molecule has 2 aliphatic rings. The molecule has 1 spiro atoms. The molecule has 0 aliphatic heterocycles. The molecule has 2 nitrogen and oxygen atoms in total. The summed E-state index contributed by atoms with van der Waals surface area (Å²) in [5, 5.41) is 0. The van der Waals surface area contributed by atoms with Crippen LogP contribution in [-0.4, -0.2) is 6.04 Å². The van der Waals surface area contributed by atoms with E-state index in [2.05, 4.69) is 5.43 Å². The highest BCUT2D eigenvalue weighted by Gasteiger charge is 2.36. The molecule has 0 aromatic rings. The average molecular weight is 205 g/mol. The van der Waals surface area contributed by atoms with Gasteiger partial charge < -0.3 is 0 Å². The molecule has 2 saturated carbocycles. The van der Waals surface area contributed by atoms with E-state index >= 15 is 0 Å². The Hall–Kier alpha value is 0.210. The Labute approximate surface area is 87.0 Å². The minimum Gasteiger partial charge on any atom is -0.271 e. The first-order valence-corrected chi connectivity index (χ1v) is 5.31. The van der Waals surface area contributed by atoms with Crippen molar-refractivity contribution in [3.05, 3.63) is 0 Å². The second kappa shape index (κ2) is 4.63.